The molecule has 61 heavy (non-hydrogen) atoms. The number of carbonyl (C=O) groups is 4. The molecular weight excluding hydrogens is 769 g/mol. The summed E-state index contributed by atoms with van der Waals surface area (Å²) in [6.07, 6.45) is 18.7. The predicted octanol–water partition coefficient (Wildman–Crippen LogP) is 8.14. The van der Waals surface area contributed by atoms with Gasteiger partial charge < -0.3 is 25.4 Å². The van der Waals surface area contributed by atoms with Gasteiger partial charge in [0.25, 0.3) is 5.91 Å². The molecule has 326 valence electrons. The highest BCUT2D eigenvalue weighted by atomic mass is 16.6. The van der Waals surface area contributed by atoms with Crippen LogP contribution >= 0.6 is 0 Å². The number of fused-ring (bicyclic) bond motifs is 3. The minimum Gasteiger partial charge on any atom is -0.490 e. The molecule has 8 rings (SSSR count). The van der Waals surface area contributed by atoms with Gasteiger partial charge in [-0.15, -0.1) is 0 Å². The highest BCUT2D eigenvalue weighted by Gasteiger charge is 2.62. The lowest BCUT2D eigenvalue weighted by molar-refractivity contribution is -0.137. The van der Waals surface area contributed by atoms with E-state index >= 15 is 0 Å². The zero-order valence-electron chi connectivity index (χ0n) is 36.2. The first kappa shape index (κ1) is 42.7. The zero-order chi connectivity index (χ0) is 42.7. The van der Waals surface area contributed by atoms with Crippen molar-refractivity contribution in [2.75, 3.05) is 0 Å². The summed E-state index contributed by atoms with van der Waals surface area (Å²) in [5.74, 6) is -0.608. The molecule has 2 aromatic rings. The SMILES string of the molecule is C=C1C(NC(=O)OC2CCCC2)CCCCC/C=C/CC2CC2(C(=O)NC(=O)C2CC2)NC(=O)C2CC(Oc3cc(C4=CCC(=NC(C)C)N4)nc4cc(CC)ccc34)CC12. The average molecular weight is 833 g/mol. The number of hydrogen-bond acceptors (Lipinski definition) is 8. The van der Waals surface area contributed by atoms with Crippen LogP contribution in [0, 0.1) is 23.7 Å². The maximum atomic E-state index is 14.8. The van der Waals surface area contributed by atoms with Crippen molar-refractivity contribution in [2.45, 2.75) is 160 Å². The standard InChI is InChI=1S/C49H64N6O6/c1-5-31-18-21-36-41(24-31)51-42(40-22-23-44(52-40)50-29(2)3)27-43(36)60-35-25-37-30(4)39(53-48(59)61-34-15-12-13-16-34)17-11-9-7-6-8-10-14-33-28-49(33,55-46(57)38(37)26-35)47(58)54-45(56)32-19-20-32/h8,10,18,21-22,24,27,29,32-35,37-39H,4-7,9,11-17,19-20,23,25-26,28H2,1-3H3,(H,50,52)(H,53,59)(H,55,57)(H,54,56,58)/b10-8+. The highest BCUT2D eigenvalue weighted by Crippen LogP contribution is 2.49. The Morgan fingerprint density at radius 3 is 2.54 bits per heavy atom. The normalized spacial score (nSPS) is 29.6. The second kappa shape index (κ2) is 18.5. The molecule has 12 heteroatoms. The molecule has 4 fully saturated rings. The Morgan fingerprint density at radius 1 is 0.984 bits per heavy atom. The lowest BCUT2D eigenvalue weighted by Gasteiger charge is -2.30. The number of ether oxygens (including phenoxy) is 2. The Morgan fingerprint density at radius 2 is 1.77 bits per heavy atom. The van der Waals surface area contributed by atoms with Gasteiger partial charge in [0, 0.05) is 35.8 Å². The summed E-state index contributed by atoms with van der Waals surface area (Å²) in [6, 6.07) is 8.00. The molecule has 0 bridgehead atoms. The van der Waals surface area contributed by atoms with E-state index in [-0.39, 0.29) is 41.7 Å². The fourth-order valence-corrected chi connectivity index (χ4v) is 9.88. The Balaban J connectivity index is 1.10. The van der Waals surface area contributed by atoms with Gasteiger partial charge >= 0.3 is 6.09 Å². The number of carbonyl (C=O) groups excluding carboxylic acids is 4. The van der Waals surface area contributed by atoms with Gasteiger partial charge in [-0.05, 0) is 133 Å². The number of pyridine rings is 1. The number of hydrogen-bond donors (Lipinski definition) is 4. The number of alkyl carbamates (subject to hydrolysis) is 1. The molecule has 4 amide bonds. The van der Waals surface area contributed by atoms with Crippen LogP contribution < -0.4 is 26.0 Å². The van der Waals surface area contributed by atoms with E-state index < -0.39 is 35.6 Å². The van der Waals surface area contributed by atoms with Crippen LogP contribution in [0.15, 0.2) is 59.6 Å². The van der Waals surface area contributed by atoms with E-state index in [1.807, 2.05) is 6.07 Å². The molecule has 4 saturated carbocycles. The lowest BCUT2D eigenvalue weighted by atomic mass is 9.83. The van der Waals surface area contributed by atoms with Crippen LogP contribution in [0.25, 0.3) is 16.6 Å². The van der Waals surface area contributed by atoms with E-state index in [9.17, 15) is 19.2 Å². The number of amides is 4. The Hall–Kier alpha value is -5.00. The quantitative estimate of drug-likeness (QED) is 0.146. The summed E-state index contributed by atoms with van der Waals surface area (Å²) in [5, 5.41) is 13.4. The van der Waals surface area contributed by atoms with Crippen molar-refractivity contribution in [3.63, 3.8) is 0 Å². The number of rotatable bonds is 9. The van der Waals surface area contributed by atoms with Gasteiger partial charge in [0.15, 0.2) is 0 Å². The number of amidine groups is 1. The van der Waals surface area contributed by atoms with Crippen molar-refractivity contribution in [3.05, 3.63) is 65.9 Å². The van der Waals surface area contributed by atoms with Crippen LogP contribution in [0.2, 0.25) is 0 Å². The summed E-state index contributed by atoms with van der Waals surface area (Å²) in [6.45, 7) is 10.9. The monoisotopic (exact) mass is 832 g/mol. The highest BCUT2D eigenvalue weighted by molar-refractivity contribution is 6.05. The number of aliphatic imine (C=N–C) groups is 1. The maximum Gasteiger partial charge on any atom is 0.407 e. The minimum absolute atomic E-state index is 0.0904. The van der Waals surface area contributed by atoms with Crippen LogP contribution in [0.3, 0.4) is 0 Å². The first-order valence-electron chi connectivity index (χ1n) is 23.1. The molecule has 2 aliphatic heterocycles. The van der Waals surface area contributed by atoms with E-state index in [0.29, 0.717) is 44.3 Å². The lowest BCUT2D eigenvalue weighted by Crippen LogP contribution is -2.54. The van der Waals surface area contributed by atoms with Crippen molar-refractivity contribution in [1.82, 2.24) is 26.3 Å². The van der Waals surface area contributed by atoms with Crippen molar-refractivity contribution in [1.29, 1.82) is 0 Å². The van der Waals surface area contributed by atoms with Gasteiger partial charge in [-0.3, -0.25) is 24.7 Å². The first-order valence-corrected chi connectivity index (χ1v) is 23.1. The van der Waals surface area contributed by atoms with Crippen LogP contribution in [-0.2, 0) is 25.5 Å². The maximum absolute atomic E-state index is 14.8. The van der Waals surface area contributed by atoms with Crippen LogP contribution in [0.5, 0.6) is 5.75 Å². The number of allylic oxidation sites excluding steroid dienone is 2. The molecule has 0 radical (unpaired) electrons. The van der Waals surface area contributed by atoms with Gasteiger partial charge in [0.2, 0.25) is 11.8 Å². The molecule has 0 saturated heterocycles. The zero-order valence-corrected chi connectivity index (χ0v) is 36.2. The van der Waals surface area contributed by atoms with Gasteiger partial charge in [-0.2, -0.15) is 0 Å². The number of nitrogens with zero attached hydrogens (tertiary/aromatic N) is 2. The second-order valence-electron chi connectivity index (χ2n) is 18.6. The first-order chi connectivity index (χ1) is 29.5. The van der Waals surface area contributed by atoms with E-state index in [0.717, 1.165) is 104 Å². The summed E-state index contributed by atoms with van der Waals surface area (Å²) >= 11 is 0. The number of aryl methyl sites for hydroxylation is 1. The van der Waals surface area contributed by atoms with Crippen molar-refractivity contribution >= 4 is 46.3 Å². The fourth-order valence-electron chi connectivity index (χ4n) is 9.88. The summed E-state index contributed by atoms with van der Waals surface area (Å²) in [7, 11) is 0. The molecular formula is C49H64N6O6. The molecule has 6 atom stereocenters. The molecule has 6 unspecified atom stereocenters. The summed E-state index contributed by atoms with van der Waals surface area (Å²) in [5.41, 5.74) is 3.21. The third-order valence-electron chi connectivity index (χ3n) is 13.6. The van der Waals surface area contributed by atoms with E-state index in [1.54, 1.807) is 0 Å². The molecule has 3 heterocycles. The molecule has 12 nitrogen and oxygen atoms in total. The van der Waals surface area contributed by atoms with E-state index in [4.69, 9.17) is 19.5 Å². The van der Waals surface area contributed by atoms with E-state index in [1.165, 1.54) is 5.56 Å². The molecule has 1 aromatic heterocycles. The molecule has 0 spiro atoms. The molecule has 4 aliphatic carbocycles. The Bertz CT molecular complexity index is 2120. The smallest absolute Gasteiger partial charge is 0.407 e. The van der Waals surface area contributed by atoms with Crippen LogP contribution in [-0.4, -0.2) is 64.5 Å². The Kier molecular flexibility index (Phi) is 13.0. The van der Waals surface area contributed by atoms with E-state index in [2.05, 4.69) is 85.0 Å². The number of imide groups is 1. The molecule has 1 aromatic carbocycles. The number of aromatic nitrogens is 1. The average Bonchev–Trinajstić information content (AvgIpc) is 4.00. The summed E-state index contributed by atoms with van der Waals surface area (Å²) in [4.78, 5) is 64.9. The number of benzene rings is 1. The predicted molar refractivity (Wildman–Crippen MR) is 237 cm³/mol. The topological polar surface area (TPSA) is 160 Å². The fraction of sp³-hybridized carbons (Fsp3) is 0.592. The van der Waals surface area contributed by atoms with Crippen LogP contribution in [0.1, 0.15) is 135 Å². The minimum atomic E-state index is -1.18. The largest absolute Gasteiger partial charge is 0.490 e. The van der Waals surface area contributed by atoms with Gasteiger partial charge in [0.05, 0.1) is 22.9 Å². The number of nitrogens with one attached hydrogen (secondary N) is 4. The summed E-state index contributed by atoms with van der Waals surface area (Å²) < 4.78 is 12.9. The molecule has 6 aliphatic rings. The third-order valence-corrected chi connectivity index (χ3v) is 13.6. The van der Waals surface area contributed by atoms with Crippen LogP contribution in [0.4, 0.5) is 4.79 Å². The molecule has 4 N–H and O–H groups in total. The Labute approximate surface area is 360 Å². The second-order valence-corrected chi connectivity index (χ2v) is 18.6. The van der Waals surface area contributed by atoms with Crippen molar-refractivity contribution < 1.29 is 28.7 Å². The van der Waals surface area contributed by atoms with Gasteiger partial charge in [0.1, 0.15) is 29.3 Å². The van der Waals surface area contributed by atoms with Crippen molar-refractivity contribution in [3.8, 4) is 5.75 Å². The third kappa shape index (κ3) is 10.0. The van der Waals surface area contributed by atoms with Gasteiger partial charge in [-0.1, -0.05) is 56.2 Å². The van der Waals surface area contributed by atoms with Crippen molar-refractivity contribution in [2.24, 2.45) is 28.7 Å². The van der Waals surface area contributed by atoms with Gasteiger partial charge in [-0.25, -0.2) is 9.78 Å².